The lowest BCUT2D eigenvalue weighted by Gasteiger charge is -2.11. The van der Waals surface area contributed by atoms with Crippen molar-refractivity contribution in [2.75, 3.05) is 0 Å². The number of halogens is 2. The lowest BCUT2D eigenvalue weighted by Crippen LogP contribution is -2.17. The summed E-state index contributed by atoms with van der Waals surface area (Å²) in [5.74, 6) is -0.679. The summed E-state index contributed by atoms with van der Waals surface area (Å²) in [4.78, 5) is 20.8. The molecule has 2 aromatic heterocycles. The van der Waals surface area contributed by atoms with E-state index in [0.717, 1.165) is 24.7 Å². The molecule has 0 radical (unpaired) electrons. The molecule has 1 aromatic carbocycles. The van der Waals surface area contributed by atoms with Crippen molar-refractivity contribution in [2.45, 2.75) is 24.0 Å². The Hall–Kier alpha value is -2.22. The predicted octanol–water partition coefficient (Wildman–Crippen LogP) is 2.59. The molecule has 0 bridgehead atoms. The van der Waals surface area contributed by atoms with Crippen molar-refractivity contribution >= 4 is 18.4 Å². The highest BCUT2D eigenvalue weighted by Crippen LogP contribution is 2.38. The number of rotatable bonds is 3. The molecule has 1 aliphatic rings. The number of thiol groups is 1. The molecule has 4 rings (SSSR count). The Morgan fingerprint density at radius 1 is 1.30 bits per heavy atom. The van der Waals surface area contributed by atoms with Crippen molar-refractivity contribution < 1.29 is 8.78 Å². The van der Waals surface area contributed by atoms with Crippen LogP contribution in [0.25, 0.3) is 5.78 Å². The summed E-state index contributed by atoms with van der Waals surface area (Å²) in [5.41, 5.74) is -0.0977. The first-order valence-electron chi connectivity index (χ1n) is 7.16. The molecule has 1 fully saturated rings. The molecular formula is C15H12F2N4OS. The van der Waals surface area contributed by atoms with Crippen LogP contribution in [0.2, 0.25) is 0 Å². The van der Waals surface area contributed by atoms with Gasteiger partial charge < -0.3 is 0 Å². The number of nitrogens with zero attached hydrogens (tertiary/aromatic N) is 3. The molecule has 8 heteroatoms. The zero-order valence-corrected chi connectivity index (χ0v) is 12.7. The minimum atomic E-state index is -0.991. The number of benzene rings is 1. The van der Waals surface area contributed by atoms with Gasteiger partial charge in [0.15, 0.2) is 11.6 Å². The smallest absolute Gasteiger partial charge is 0.274 e. The van der Waals surface area contributed by atoms with Crippen LogP contribution in [0.3, 0.4) is 0 Å². The number of hydrogen-bond donors (Lipinski definition) is 2. The SMILES string of the molecule is O=c1cc(C(S)c2cccc(F)c2F)nc2nc(C3CC3)[nH]n12. The van der Waals surface area contributed by atoms with Crippen LogP contribution in [0.15, 0.2) is 29.1 Å². The average Bonchev–Trinajstić information content (AvgIpc) is 3.29. The first-order valence-corrected chi connectivity index (χ1v) is 7.68. The third kappa shape index (κ3) is 2.42. The molecular weight excluding hydrogens is 322 g/mol. The topological polar surface area (TPSA) is 63.0 Å². The van der Waals surface area contributed by atoms with E-state index < -0.39 is 16.9 Å². The largest absolute Gasteiger partial charge is 0.275 e. The predicted molar refractivity (Wildman–Crippen MR) is 82.8 cm³/mol. The maximum absolute atomic E-state index is 13.9. The van der Waals surface area contributed by atoms with E-state index in [1.807, 2.05) is 0 Å². The summed E-state index contributed by atoms with van der Waals surface area (Å²) < 4.78 is 28.5. The van der Waals surface area contributed by atoms with E-state index in [4.69, 9.17) is 0 Å². The maximum atomic E-state index is 13.9. The summed E-state index contributed by atoms with van der Waals surface area (Å²) >= 11 is 4.30. The van der Waals surface area contributed by atoms with Gasteiger partial charge in [0.2, 0.25) is 0 Å². The molecule has 1 unspecified atom stereocenters. The summed E-state index contributed by atoms with van der Waals surface area (Å²) in [6, 6.07) is 5.09. The van der Waals surface area contributed by atoms with Gasteiger partial charge in [-0.25, -0.2) is 13.8 Å². The molecule has 1 N–H and O–H groups in total. The van der Waals surface area contributed by atoms with Gasteiger partial charge >= 0.3 is 0 Å². The second-order valence-electron chi connectivity index (χ2n) is 5.58. The van der Waals surface area contributed by atoms with Gasteiger partial charge in [0.1, 0.15) is 5.82 Å². The van der Waals surface area contributed by atoms with Crippen molar-refractivity contribution in [3.63, 3.8) is 0 Å². The third-order valence-electron chi connectivity index (χ3n) is 3.89. The lowest BCUT2D eigenvalue weighted by atomic mass is 10.1. The summed E-state index contributed by atoms with van der Waals surface area (Å²) in [7, 11) is 0. The quantitative estimate of drug-likeness (QED) is 0.724. The van der Waals surface area contributed by atoms with E-state index in [2.05, 4.69) is 27.7 Å². The van der Waals surface area contributed by atoms with Gasteiger partial charge in [0, 0.05) is 17.5 Å². The molecule has 3 aromatic rings. The van der Waals surface area contributed by atoms with Crippen molar-refractivity contribution in [1.82, 2.24) is 19.6 Å². The average molecular weight is 334 g/mol. The molecule has 23 heavy (non-hydrogen) atoms. The fourth-order valence-electron chi connectivity index (χ4n) is 2.49. The number of H-pyrrole nitrogens is 1. The number of aromatic nitrogens is 4. The molecule has 0 amide bonds. The second-order valence-corrected chi connectivity index (χ2v) is 6.10. The molecule has 0 spiro atoms. The van der Waals surface area contributed by atoms with E-state index in [-0.39, 0.29) is 22.6 Å². The van der Waals surface area contributed by atoms with Crippen LogP contribution < -0.4 is 5.56 Å². The van der Waals surface area contributed by atoms with E-state index in [9.17, 15) is 13.6 Å². The zero-order valence-electron chi connectivity index (χ0n) is 11.8. The van der Waals surface area contributed by atoms with Crippen LogP contribution in [0.5, 0.6) is 0 Å². The number of hydrogen-bond acceptors (Lipinski definition) is 4. The summed E-state index contributed by atoms with van der Waals surface area (Å²) in [6.45, 7) is 0. The lowest BCUT2D eigenvalue weighted by molar-refractivity contribution is 0.500. The summed E-state index contributed by atoms with van der Waals surface area (Å²) in [6.07, 6.45) is 2.07. The number of aromatic amines is 1. The minimum absolute atomic E-state index is 0.0301. The Morgan fingerprint density at radius 3 is 2.83 bits per heavy atom. The van der Waals surface area contributed by atoms with Crippen LogP contribution in [-0.2, 0) is 0 Å². The van der Waals surface area contributed by atoms with Gasteiger partial charge in [0.05, 0.1) is 10.9 Å². The van der Waals surface area contributed by atoms with Gasteiger partial charge in [-0.15, -0.1) is 0 Å². The van der Waals surface area contributed by atoms with E-state index in [1.165, 1.54) is 22.7 Å². The highest BCUT2D eigenvalue weighted by Gasteiger charge is 2.28. The fourth-order valence-corrected chi connectivity index (χ4v) is 2.82. The van der Waals surface area contributed by atoms with Crippen molar-refractivity contribution in [3.05, 3.63) is 63.3 Å². The van der Waals surface area contributed by atoms with Crippen LogP contribution in [0.1, 0.15) is 41.1 Å². The molecule has 118 valence electrons. The molecule has 0 saturated heterocycles. The van der Waals surface area contributed by atoms with Gasteiger partial charge in [-0.05, 0) is 18.9 Å². The Balaban J connectivity index is 1.81. The van der Waals surface area contributed by atoms with Crippen LogP contribution in [-0.4, -0.2) is 19.6 Å². The van der Waals surface area contributed by atoms with Gasteiger partial charge in [-0.3, -0.25) is 9.89 Å². The van der Waals surface area contributed by atoms with E-state index in [0.29, 0.717) is 5.92 Å². The number of fused-ring (bicyclic) bond motifs is 1. The molecule has 2 heterocycles. The standard InChI is InChI=1S/C15H12F2N4OS/c16-9-3-1-2-8(12(9)17)13(23)10-6-11(22)21-15(18-10)19-14(20-21)7-4-5-7/h1-3,6-7,13,23H,4-5H2,(H,18,19,20). The highest BCUT2D eigenvalue weighted by atomic mass is 32.1. The van der Waals surface area contributed by atoms with Gasteiger partial charge in [-0.1, -0.05) is 12.1 Å². The molecule has 1 aliphatic carbocycles. The Labute approximate surface area is 134 Å². The first kappa shape index (κ1) is 14.4. The molecule has 5 nitrogen and oxygen atoms in total. The Kier molecular flexibility index (Phi) is 3.22. The monoisotopic (exact) mass is 334 g/mol. The van der Waals surface area contributed by atoms with Gasteiger partial charge in [-0.2, -0.15) is 22.1 Å². The molecule has 1 saturated carbocycles. The third-order valence-corrected chi connectivity index (χ3v) is 4.43. The van der Waals surface area contributed by atoms with E-state index >= 15 is 0 Å². The normalized spacial score (nSPS) is 16.0. The highest BCUT2D eigenvalue weighted by molar-refractivity contribution is 7.80. The zero-order chi connectivity index (χ0) is 16.1. The minimum Gasteiger partial charge on any atom is -0.275 e. The Morgan fingerprint density at radius 2 is 2.09 bits per heavy atom. The molecule has 0 aliphatic heterocycles. The van der Waals surface area contributed by atoms with E-state index in [1.54, 1.807) is 0 Å². The van der Waals surface area contributed by atoms with Crippen LogP contribution >= 0.6 is 12.6 Å². The van der Waals surface area contributed by atoms with Gasteiger partial charge in [0.25, 0.3) is 11.3 Å². The fraction of sp³-hybridized carbons (Fsp3) is 0.267. The summed E-state index contributed by atoms with van der Waals surface area (Å²) in [5, 5.41) is 2.07. The van der Waals surface area contributed by atoms with Crippen molar-refractivity contribution in [1.29, 1.82) is 0 Å². The number of nitrogens with one attached hydrogen (secondary N) is 1. The first-order chi connectivity index (χ1) is 11.0. The van der Waals surface area contributed by atoms with Crippen molar-refractivity contribution in [2.24, 2.45) is 0 Å². The Bertz CT molecular complexity index is 964. The molecule has 1 atom stereocenters. The second kappa shape index (κ2) is 5.16. The van der Waals surface area contributed by atoms with Crippen molar-refractivity contribution in [3.8, 4) is 0 Å². The van der Waals surface area contributed by atoms with Crippen LogP contribution in [0, 0.1) is 11.6 Å². The maximum Gasteiger partial charge on any atom is 0.274 e. The van der Waals surface area contributed by atoms with Crippen LogP contribution in [0.4, 0.5) is 8.78 Å².